The number of aromatic nitrogens is 4. The zero-order chi connectivity index (χ0) is 34.3. The number of esters is 1. The minimum atomic E-state index is -3.24. The smallest absolute Gasteiger partial charge is 0.324 e. The molecule has 254 valence electrons. The normalized spacial score (nSPS) is 23.9. The number of ether oxygens (including phenoxy) is 2. The highest BCUT2D eigenvalue weighted by atomic mass is 32.2. The van der Waals surface area contributed by atoms with E-state index in [-0.39, 0.29) is 17.6 Å². The van der Waals surface area contributed by atoms with Gasteiger partial charge in [0.25, 0.3) is 8.18 Å². The van der Waals surface area contributed by atoms with Crippen LogP contribution >= 0.6 is 20.1 Å². The zero-order valence-corrected chi connectivity index (χ0v) is 28.6. The zero-order valence-electron chi connectivity index (χ0n) is 26.8. The van der Waals surface area contributed by atoms with E-state index in [9.17, 15) is 14.5 Å². The summed E-state index contributed by atoms with van der Waals surface area (Å²) in [7, 11) is -1.36. The van der Waals surface area contributed by atoms with E-state index >= 15 is 4.39 Å². The van der Waals surface area contributed by atoms with E-state index in [1.54, 1.807) is 20.8 Å². The maximum absolute atomic E-state index is 16.5. The second kappa shape index (κ2) is 13.6. The van der Waals surface area contributed by atoms with Crippen LogP contribution in [-0.2, 0) is 23.4 Å². The third-order valence-corrected chi connectivity index (χ3v) is 11.3. The van der Waals surface area contributed by atoms with Crippen molar-refractivity contribution in [3.8, 4) is 12.3 Å². The summed E-state index contributed by atoms with van der Waals surface area (Å²) >= 11 is 1.08. The molecule has 2 fully saturated rings. The predicted molar refractivity (Wildman–Crippen MR) is 181 cm³/mol. The minimum absolute atomic E-state index is 0.0529. The third kappa shape index (κ3) is 6.48. The molecule has 6 atom stereocenters. The number of nitrogens with two attached hydrogens (primary N) is 1. The van der Waals surface area contributed by atoms with Crippen LogP contribution in [0.2, 0.25) is 0 Å². The van der Waals surface area contributed by atoms with E-state index in [0.717, 1.165) is 40.5 Å². The van der Waals surface area contributed by atoms with Crippen molar-refractivity contribution in [2.75, 3.05) is 24.3 Å². The van der Waals surface area contributed by atoms with Crippen molar-refractivity contribution in [2.45, 2.75) is 80.8 Å². The lowest BCUT2D eigenvalue weighted by Crippen LogP contribution is -2.42. The fourth-order valence-electron chi connectivity index (χ4n) is 5.58. The van der Waals surface area contributed by atoms with Crippen LogP contribution in [0.5, 0.6) is 0 Å². The number of alkyl halides is 1. The Morgan fingerprint density at radius 2 is 2.00 bits per heavy atom. The molecular weight excluding hydrogens is 660 g/mol. The van der Waals surface area contributed by atoms with Crippen molar-refractivity contribution < 1.29 is 32.9 Å². The van der Waals surface area contributed by atoms with Gasteiger partial charge in [-0.3, -0.25) is 13.9 Å². The lowest BCUT2D eigenvalue weighted by atomic mass is 9.97. The summed E-state index contributed by atoms with van der Waals surface area (Å²) in [6.45, 7) is 4.47. The van der Waals surface area contributed by atoms with Crippen LogP contribution in [0.3, 0.4) is 0 Å². The number of benzene rings is 2. The number of carbonyl (C=O) groups is 1. The molecule has 4 aromatic rings. The van der Waals surface area contributed by atoms with Gasteiger partial charge in [-0.2, -0.15) is 14.0 Å². The van der Waals surface area contributed by atoms with Gasteiger partial charge < -0.3 is 29.7 Å². The number of fused-ring (bicyclic) bond motifs is 2. The number of hydrogen-bond donors (Lipinski definition) is 2. The van der Waals surface area contributed by atoms with Crippen LogP contribution in [0.4, 0.5) is 16.2 Å². The first-order valence-corrected chi connectivity index (χ1v) is 17.5. The van der Waals surface area contributed by atoms with Crippen LogP contribution in [0.1, 0.15) is 39.8 Å². The number of aliphatic hydroxyl groups excluding tert-OH is 1. The molecule has 0 spiro atoms. The highest BCUT2D eigenvalue weighted by Crippen LogP contribution is 2.47. The highest BCUT2D eigenvalue weighted by Gasteiger charge is 2.58. The van der Waals surface area contributed by atoms with Crippen molar-refractivity contribution in [3.63, 3.8) is 0 Å². The van der Waals surface area contributed by atoms with Crippen molar-refractivity contribution in [3.05, 3.63) is 48.8 Å². The lowest BCUT2D eigenvalue weighted by molar-refractivity contribution is -0.150. The average Bonchev–Trinajstić information content (AvgIpc) is 3.79. The molecule has 13 nitrogen and oxygen atoms in total. The molecule has 1 saturated heterocycles. The Kier molecular flexibility index (Phi) is 9.68. The largest absolute Gasteiger partial charge is 0.462 e. The van der Waals surface area contributed by atoms with Gasteiger partial charge in [-0.05, 0) is 62.4 Å². The fraction of sp³-hybridized carbons (Fsp3) is 0.438. The molecule has 1 unspecified atom stereocenters. The number of aliphatic hydroxyl groups is 1. The topological polar surface area (TPSA) is 158 Å². The summed E-state index contributed by atoms with van der Waals surface area (Å²) in [6, 6.07) is 12.6. The van der Waals surface area contributed by atoms with E-state index in [2.05, 4.69) is 15.0 Å². The highest BCUT2D eigenvalue weighted by molar-refractivity contribution is 8.00. The number of rotatable bonds is 12. The maximum Gasteiger partial charge on any atom is 0.324 e. The molecule has 3 N–H and O–H groups in total. The van der Waals surface area contributed by atoms with E-state index in [0.29, 0.717) is 11.3 Å². The minimum Gasteiger partial charge on any atom is -0.462 e. The molecule has 2 aliphatic rings. The molecule has 0 bridgehead atoms. The van der Waals surface area contributed by atoms with Gasteiger partial charge in [-0.25, -0.2) is 9.37 Å². The summed E-state index contributed by atoms with van der Waals surface area (Å²) in [5.74, 6) is 1.86. The maximum atomic E-state index is 16.5. The molecule has 16 heteroatoms. The van der Waals surface area contributed by atoms with Crippen LogP contribution < -0.4 is 10.6 Å². The van der Waals surface area contributed by atoms with Crippen LogP contribution in [-0.4, -0.2) is 84.4 Å². The average molecular weight is 698 g/mol. The van der Waals surface area contributed by atoms with Gasteiger partial charge in [-0.1, -0.05) is 42.3 Å². The Morgan fingerprint density at radius 1 is 1.27 bits per heavy atom. The van der Waals surface area contributed by atoms with Gasteiger partial charge in [0.2, 0.25) is 11.6 Å². The first-order chi connectivity index (χ1) is 22.9. The number of nitrogens with zero attached hydrogens (tertiary/aromatic N) is 6. The Balaban J connectivity index is 1.25. The molecule has 3 heterocycles. The van der Waals surface area contributed by atoms with E-state index in [1.165, 1.54) is 15.0 Å². The van der Waals surface area contributed by atoms with Crippen molar-refractivity contribution >= 4 is 59.8 Å². The summed E-state index contributed by atoms with van der Waals surface area (Å²) in [4.78, 5) is 28.7. The monoisotopic (exact) mass is 697 g/mol. The van der Waals surface area contributed by atoms with Gasteiger partial charge in [0.05, 0.1) is 19.0 Å². The van der Waals surface area contributed by atoms with E-state index in [4.69, 9.17) is 26.2 Å². The standard InChI is InChI=1S/C32H37FN7O6PS/c1-6-32(33)26(41)23(46-30(32)39-17-35-25-27(38(5)21-14-15-21)36-31(34)37-28(25)39)16-44-47(43)40(19(4)29(42)45-18(2)3)48-24-13-9-11-20-10-7-8-12-22(20)24/h1,7-13,17-19,21,23,26,30,41,47H,14-16H2,2-5H3,(H2,34,36,37)/t19-,23+,26+,30+,32+/m0/s1. The first-order valence-electron chi connectivity index (χ1n) is 15.5. The summed E-state index contributed by atoms with van der Waals surface area (Å²) in [5.41, 5.74) is 3.82. The summed E-state index contributed by atoms with van der Waals surface area (Å²) in [6.07, 6.45) is 3.72. The molecule has 0 amide bonds. The predicted octanol–water partition coefficient (Wildman–Crippen LogP) is 4.52. The second-order valence-corrected chi connectivity index (χ2v) is 14.7. The SMILES string of the molecule is C#C[C@@]1(F)[C@H](O)[C@@H](CO[PH](=O)N(Sc2cccc3ccccc23)[C@@H](C)C(=O)OC(C)C)O[C@H]1n1cnc2c(N(C)C3CC3)nc(N)nc21. The third-order valence-electron chi connectivity index (χ3n) is 8.31. The molecule has 6 rings (SSSR count). The molecule has 0 radical (unpaired) electrons. The molecule has 48 heavy (non-hydrogen) atoms. The van der Waals surface area contributed by atoms with Crippen molar-refractivity contribution in [1.82, 2.24) is 23.6 Å². The van der Waals surface area contributed by atoms with Crippen LogP contribution in [0.15, 0.2) is 53.7 Å². The molecule has 2 aromatic carbocycles. The fourth-order valence-corrected chi connectivity index (χ4v) is 8.07. The number of halogens is 1. The molecule has 1 saturated carbocycles. The number of nitrogen functional groups attached to an aromatic ring is 1. The van der Waals surface area contributed by atoms with Crippen LogP contribution in [0, 0.1) is 12.3 Å². The van der Waals surface area contributed by atoms with Gasteiger partial charge in [-0.15, -0.1) is 6.42 Å². The lowest BCUT2D eigenvalue weighted by Gasteiger charge is -2.27. The number of anilines is 2. The van der Waals surface area contributed by atoms with Gasteiger partial charge in [0.15, 0.2) is 23.2 Å². The second-order valence-electron chi connectivity index (χ2n) is 12.1. The first kappa shape index (κ1) is 34.1. The van der Waals surface area contributed by atoms with Crippen LogP contribution in [0.25, 0.3) is 21.9 Å². The number of carbonyl (C=O) groups excluding carboxylic acids is 1. The van der Waals surface area contributed by atoms with E-state index < -0.39 is 57.0 Å². The van der Waals surface area contributed by atoms with Crippen molar-refractivity contribution in [1.29, 1.82) is 0 Å². The Bertz CT molecular complexity index is 1900. The van der Waals surface area contributed by atoms with Gasteiger partial charge in [0, 0.05) is 18.0 Å². The Morgan fingerprint density at radius 3 is 2.71 bits per heavy atom. The van der Waals surface area contributed by atoms with Gasteiger partial charge in [0.1, 0.15) is 18.2 Å². The quantitative estimate of drug-likeness (QED) is 0.0923. The van der Waals surface area contributed by atoms with E-state index in [1.807, 2.05) is 60.3 Å². The molecular formula is C32H37FN7O6PS. The Hall–Kier alpha value is -3.77. The van der Waals surface area contributed by atoms with Gasteiger partial charge >= 0.3 is 5.97 Å². The molecule has 2 aromatic heterocycles. The van der Waals surface area contributed by atoms with Crippen molar-refractivity contribution in [2.24, 2.45) is 0 Å². The summed E-state index contributed by atoms with van der Waals surface area (Å²) < 4.78 is 50.0. The molecule has 1 aliphatic carbocycles. The molecule has 1 aliphatic heterocycles. The number of terminal acetylenes is 1. The summed E-state index contributed by atoms with van der Waals surface area (Å²) in [5, 5.41) is 13.0. The number of imidazole rings is 1. The number of hydrogen-bond acceptors (Lipinski definition) is 12. The Labute approximate surface area is 282 Å².